The predicted octanol–water partition coefficient (Wildman–Crippen LogP) is 2.20. The average molecular weight is 398 g/mol. The maximum atomic E-state index is 12.5. The number of nitrogens with one attached hydrogen (secondary N) is 2. The Balaban J connectivity index is 1.76. The Morgan fingerprint density at radius 2 is 1.79 bits per heavy atom. The monoisotopic (exact) mass is 398 g/mol. The van der Waals surface area contributed by atoms with Gasteiger partial charge in [0.25, 0.3) is 0 Å². The summed E-state index contributed by atoms with van der Waals surface area (Å²) in [7, 11) is 0. The van der Waals surface area contributed by atoms with Gasteiger partial charge in [-0.2, -0.15) is 8.78 Å². The SMILES string of the molecule is CCCNC(=O)CN1CCN(C(=O)NC(C)c2ccc(OC(F)F)cc2)CC1. The van der Waals surface area contributed by atoms with Crippen LogP contribution in [0.1, 0.15) is 31.9 Å². The van der Waals surface area contributed by atoms with E-state index >= 15 is 0 Å². The van der Waals surface area contributed by atoms with Crippen LogP contribution in [0, 0.1) is 0 Å². The third kappa shape index (κ3) is 6.95. The Morgan fingerprint density at radius 1 is 1.14 bits per heavy atom. The number of ether oxygens (including phenoxy) is 1. The highest BCUT2D eigenvalue weighted by molar-refractivity contribution is 5.78. The minimum atomic E-state index is -2.86. The molecule has 28 heavy (non-hydrogen) atoms. The molecule has 1 aliphatic rings. The molecule has 0 saturated carbocycles. The molecule has 0 spiro atoms. The van der Waals surface area contributed by atoms with Gasteiger partial charge in [-0.05, 0) is 31.0 Å². The van der Waals surface area contributed by atoms with Gasteiger partial charge in [0.1, 0.15) is 5.75 Å². The summed E-state index contributed by atoms with van der Waals surface area (Å²) >= 11 is 0. The van der Waals surface area contributed by atoms with E-state index in [2.05, 4.69) is 15.4 Å². The van der Waals surface area contributed by atoms with Gasteiger partial charge in [-0.1, -0.05) is 19.1 Å². The number of amides is 3. The van der Waals surface area contributed by atoms with Crippen molar-refractivity contribution in [2.24, 2.45) is 0 Å². The van der Waals surface area contributed by atoms with Gasteiger partial charge < -0.3 is 20.3 Å². The van der Waals surface area contributed by atoms with Crippen LogP contribution < -0.4 is 15.4 Å². The summed E-state index contributed by atoms with van der Waals surface area (Å²) in [6, 6.07) is 5.74. The van der Waals surface area contributed by atoms with Crippen LogP contribution in [0.15, 0.2) is 24.3 Å². The number of carbonyl (C=O) groups is 2. The number of hydrogen-bond donors (Lipinski definition) is 2. The molecule has 0 aliphatic carbocycles. The van der Waals surface area contributed by atoms with E-state index in [-0.39, 0.29) is 23.7 Å². The van der Waals surface area contributed by atoms with Crippen LogP contribution in [0.3, 0.4) is 0 Å². The fourth-order valence-corrected chi connectivity index (χ4v) is 2.93. The number of halogens is 2. The van der Waals surface area contributed by atoms with Gasteiger partial charge in [-0.25, -0.2) is 4.79 Å². The first-order valence-electron chi connectivity index (χ1n) is 9.48. The van der Waals surface area contributed by atoms with E-state index < -0.39 is 6.61 Å². The van der Waals surface area contributed by atoms with Crippen LogP contribution >= 0.6 is 0 Å². The number of benzene rings is 1. The Labute approximate surface area is 164 Å². The molecule has 1 aromatic rings. The van der Waals surface area contributed by atoms with Gasteiger partial charge in [0.05, 0.1) is 12.6 Å². The van der Waals surface area contributed by atoms with E-state index in [1.807, 2.05) is 18.7 Å². The second-order valence-corrected chi connectivity index (χ2v) is 6.73. The summed E-state index contributed by atoms with van der Waals surface area (Å²) in [6.07, 6.45) is 0.903. The summed E-state index contributed by atoms with van der Waals surface area (Å²) < 4.78 is 28.7. The number of nitrogens with zero attached hydrogens (tertiary/aromatic N) is 2. The number of urea groups is 1. The van der Waals surface area contributed by atoms with Crippen molar-refractivity contribution in [2.75, 3.05) is 39.3 Å². The summed E-state index contributed by atoms with van der Waals surface area (Å²) in [5.74, 6) is 0.0871. The van der Waals surface area contributed by atoms with Crippen molar-refractivity contribution in [1.29, 1.82) is 0 Å². The van der Waals surface area contributed by atoms with Gasteiger partial charge >= 0.3 is 12.6 Å². The largest absolute Gasteiger partial charge is 0.435 e. The molecule has 156 valence electrons. The summed E-state index contributed by atoms with van der Waals surface area (Å²) in [5.41, 5.74) is 0.793. The normalized spacial score (nSPS) is 16.0. The number of rotatable bonds is 8. The minimum absolute atomic E-state index is 0.00708. The van der Waals surface area contributed by atoms with Gasteiger partial charge in [-0.3, -0.25) is 9.69 Å². The topological polar surface area (TPSA) is 73.9 Å². The van der Waals surface area contributed by atoms with Crippen molar-refractivity contribution in [3.8, 4) is 5.75 Å². The molecule has 0 aromatic heterocycles. The van der Waals surface area contributed by atoms with Crippen molar-refractivity contribution in [2.45, 2.75) is 32.9 Å². The molecule has 1 unspecified atom stereocenters. The summed E-state index contributed by atoms with van der Waals surface area (Å²) in [5, 5.41) is 5.76. The molecule has 1 heterocycles. The second-order valence-electron chi connectivity index (χ2n) is 6.73. The lowest BCUT2D eigenvalue weighted by atomic mass is 10.1. The molecular weight excluding hydrogens is 370 g/mol. The number of carbonyl (C=O) groups excluding carboxylic acids is 2. The number of hydrogen-bond acceptors (Lipinski definition) is 4. The third-order valence-electron chi connectivity index (χ3n) is 4.54. The van der Waals surface area contributed by atoms with Gasteiger partial charge in [-0.15, -0.1) is 0 Å². The Morgan fingerprint density at radius 3 is 2.36 bits per heavy atom. The third-order valence-corrected chi connectivity index (χ3v) is 4.54. The van der Waals surface area contributed by atoms with Gasteiger partial charge in [0.2, 0.25) is 5.91 Å². The van der Waals surface area contributed by atoms with Crippen LogP contribution in [0.2, 0.25) is 0 Å². The molecular formula is C19H28F2N4O3. The van der Waals surface area contributed by atoms with Crippen LogP contribution in [-0.4, -0.2) is 67.6 Å². The molecule has 7 nitrogen and oxygen atoms in total. The minimum Gasteiger partial charge on any atom is -0.435 e. The lowest BCUT2D eigenvalue weighted by Gasteiger charge is -2.35. The molecule has 1 aromatic carbocycles. The summed E-state index contributed by atoms with van der Waals surface area (Å²) in [6.45, 7) is 4.36. The first-order chi connectivity index (χ1) is 13.4. The maximum absolute atomic E-state index is 12.5. The highest BCUT2D eigenvalue weighted by Gasteiger charge is 2.23. The Hall–Kier alpha value is -2.42. The van der Waals surface area contributed by atoms with Crippen LogP contribution in [0.4, 0.5) is 13.6 Å². The van der Waals surface area contributed by atoms with E-state index in [0.717, 1.165) is 12.0 Å². The number of piperazine rings is 1. The molecule has 1 atom stereocenters. The smallest absolute Gasteiger partial charge is 0.387 e. The Bertz CT molecular complexity index is 635. The van der Waals surface area contributed by atoms with Crippen molar-refractivity contribution in [3.05, 3.63) is 29.8 Å². The van der Waals surface area contributed by atoms with Crippen LogP contribution in [0.25, 0.3) is 0 Å². The zero-order valence-electron chi connectivity index (χ0n) is 16.3. The molecule has 1 aliphatic heterocycles. The molecule has 0 radical (unpaired) electrons. The molecule has 1 saturated heterocycles. The van der Waals surface area contributed by atoms with E-state index in [9.17, 15) is 18.4 Å². The van der Waals surface area contributed by atoms with E-state index in [4.69, 9.17) is 0 Å². The van der Waals surface area contributed by atoms with Gasteiger partial charge in [0, 0.05) is 32.7 Å². The van der Waals surface area contributed by atoms with Crippen LogP contribution in [0.5, 0.6) is 5.75 Å². The lowest BCUT2D eigenvalue weighted by molar-refractivity contribution is -0.122. The van der Waals surface area contributed by atoms with Crippen molar-refractivity contribution in [3.63, 3.8) is 0 Å². The van der Waals surface area contributed by atoms with Crippen molar-refractivity contribution < 1.29 is 23.1 Å². The maximum Gasteiger partial charge on any atom is 0.387 e. The zero-order valence-corrected chi connectivity index (χ0v) is 16.3. The zero-order chi connectivity index (χ0) is 20.5. The highest BCUT2D eigenvalue weighted by Crippen LogP contribution is 2.19. The first-order valence-corrected chi connectivity index (χ1v) is 9.48. The summed E-state index contributed by atoms with van der Waals surface area (Å²) in [4.78, 5) is 28.0. The van der Waals surface area contributed by atoms with Crippen LogP contribution in [-0.2, 0) is 4.79 Å². The first kappa shape index (κ1) is 21.9. The molecule has 9 heteroatoms. The van der Waals surface area contributed by atoms with E-state index in [1.165, 1.54) is 12.1 Å². The predicted molar refractivity (Wildman–Crippen MR) is 101 cm³/mol. The molecule has 3 amide bonds. The molecule has 2 N–H and O–H groups in total. The quantitative estimate of drug-likeness (QED) is 0.704. The molecule has 1 fully saturated rings. The Kier molecular flexibility index (Phi) is 8.43. The fourth-order valence-electron chi connectivity index (χ4n) is 2.93. The second kappa shape index (κ2) is 10.8. The molecule has 2 rings (SSSR count). The lowest BCUT2D eigenvalue weighted by Crippen LogP contribution is -2.53. The van der Waals surface area contributed by atoms with Crippen molar-refractivity contribution in [1.82, 2.24) is 20.4 Å². The molecule has 0 bridgehead atoms. The van der Waals surface area contributed by atoms with E-state index in [1.54, 1.807) is 17.0 Å². The highest BCUT2D eigenvalue weighted by atomic mass is 19.3. The van der Waals surface area contributed by atoms with Crippen molar-refractivity contribution >= 4 is 11.9 Å². The van der Waals surface area contributed by atoms with E-state index in [0.29, 0.717) is 39.3 Å². The standard InChI is InChI=1S/C19H28F2N4O3/c1-3-8-22-17(26)13-24-9-11-25(12-10-24)19(27)23-14(2)15-4-6-16(7-5-15)28-18(20)21/h4-7,14,18H,3,8-13H2,1-2H3,(H,22,26)(H,23,27). The average Bonchev–Trinajstić information content (AvgIpc) is 2.67. The van der Waals surface area contributed by atoms with Gasteiger partial charge in [0.15, 0.2) is 0 Å². The number of alkyl halides is 2. The fraction of sp³-hybridized carbons (Fsp3) is 0.579.